The van der Waals surface area contributed by atoms with Crippen molar-refractivity contribution < 1.29 is 19.0 Å². The van der Waals surface area contributed by atoms with Gasteiger partial charge in [-0.1, -0.05) is 29.8 Å². The molecule has 0 aliphatic heterocycles. The van der Waals surface area contributed by atoms with Crippen LogP contribution in [0.2, 0.25) is 0 Å². The summed E-state index contributed by atoms with van der Waals surface area (Å²) in [4.78, 5) is 11.9. The zero-order valence-corrected chi connectivity index (χ0v) is 14.0. The lowest BCUT2D eigenvalue weighted by molar-refractivity contribution is 0.0377. The third kappa shape index (κ3) is 4.74. The molecule has 0 saturated heterocycles. The number of carbonyl (C=O) groups is 1. The molecule has 0 bridgehead atoms. The Morgan fingerprint density at radius 3 is 2.35 bits per heavy atom. The maximum atomic E-state index is 11.9. The lowest BCUT2D eigenvalue weighted by Crippen LogP contribution is -2.11. The molecule has 122 valence electrons. The summed E-state index contributed by atoms with van der Waals surface area (Å²) in [7, 11) is 1.55. The summed E-state index contributed by atoms with van der Waals surface area (Å²) in [5, 5.41) is 0. The molecule has 2 aromatic carbocycles. The maximum absolute atomic E-state index is 11.9. The molecule has 0 aliphatic carbocycles. The smallest absolute Gasteiger partial charge is 0.338 e. The number of esters is 1. The van der Waals surface area contributed by atoms with Crippen LogP contribution in [0.15, 0.2) is 42.5 Å². The minimum Gasteiger partial charge on any atom is -0.493 e. The van der Waals surface area contributed by atoms with Gasteiger partial charge < -0.3 is 14.2 Å². The predicted octanol–water partition coefficient (Wildman–Crippen LogP) is 4.15. The summed E-state index contributed by atoms with van der Waals surface area (Å²) in [6.45, 7) is 6.11. The Balaban J connectivity index is 2.10. The number of benzene rings is 2. The molecular weight excluding hydrogens is 292 g/mol. The Morgan fingerprint density at radius 1 is 1.04 bits per heavy atom. The van der Waals surface area contributed by atoms with E-state index >= 15 is 0 Å². The number of carbonyl (C=O) groups excluding carboxylic acids is 1. The van der Waals surface area contributed by atoms with E-state index in [4.69, 9.17) is 14.2 Å². The molecule has 2 aromatic rings. The van der Waals surface area contributed by atoms with E-state index in [9.17, 15) is 4.79 Å². The van der Waals surface area contributed by atoms with Gasteiger partial charge in [0.1, 0.15) is 6.61 Å². The second-order valence-electron chi connectivity index (χ2n) is 5.59. The van der Waals surface area contributed by atoms with Crippen LogP contribution in [0, 0.1) is 6.92 Å². The number of ether oxygens (including phenoxy) is 3. The van der Waals surface area contributed by atoms with E-state index in [1.165, 1.54) is 5.56 Å². The average Bonchev–Trinajstić information content (AvgIpc) is 2.53. The van der Waals surface area contributed by atoms with Crippen molar-refractivity contribution in [3.05, 3.63) is 59.2 Å². The molecule has 0 aromatic heterocycles. The molecule has 4 heteroatoms. The number of hydrogen-bond donors (Lipinski definition) is 0. The Bertz CT molecular complexity index is 660. The monoisotopic (exact) mass is 314 g/mol. The summed E-state index contributed by atoms with van der Waals surface area (Å²) >= 11 is 0. The Hall–Kier alpha value is -2.49. The number of rotatable bonds is 6. The fraction of sp³-hybridized carbons (Fsp3) is 0.316. The van der Waals surface area contributed by atoms with Crippen molar-refractivity contribution in [2.45, 2.75) is 33.5 Å². The van der Waals surface area contributed by atoms with Gasteiger partial charge in [0.25, 0.3) is 0 Å². The zero-order chi connectivity index (χ0) is 16.8. The van der Waals surface area contributed by atoms with E-state index in [2.05, 4.69) is 0 Å². The fourth-order valence-corrected chi connectivity index (χ4v) is 2.04. The van der Waals surface area contributed by atoms with E-state index in [0.717, 1.165) is 5.56 Å². The quantitative estimate of drug-likeness (QED) is 0.751. The first-order valence-electron chi connectivity index (χ1n) is 7.57. The van der Waals surface area contributed by atoms with Gasteiger partial charge in [0, 0.05) is 0 Å². The first-order valence-corrected chi connectivity index (χ1v) is 7.57. The van der Waals surface area contributed by atoms with E-state index in [-0.39, 0.29) is 12.1 Å². The lowest BCUT2D eigenvalue weighted by atomic mass is 10.1. The van der Waals surface area contributed by atoms with Crippen LogP contribution in [-0.4, -0.2) is 19.2 Å². The second-order valence-corrected chi connectivity index (χ2v) is 5.59. The summed E-state index contributed by atoms with van der Waals surface area (Å²) in [5.41, 5.74) is 2.72. The molecule has 0 heterocycles. The second kappa shape index (κ2) is 7.68. The average molecular weight is 314 g/mol. The fourth-order valence-electron chi connectivity index (χ4n) is 2.04. The SMILES string of the molecule is COc1cc(C(=O)OC(C)C)ccc1OCc1ccc(C)cc1. The van der Waals surface area contributed by atoms with Gasteiger partial charge in [-0.05, 0) is 44.5 Å². The van der Waals surface area contributed by atoms with Crippen molar-refractivity contribution >= 4 is 5.97 Å². The van der Waals surface area contributed by atoms with Crippen molar-refractivity contribution in [3.63, 3.8) is 0 Å². The molecule has 0 amide bonds. The zero-order valence-electron chi connectivity index (χ0n) is 14.0. The van der Waals surface area contributed by atoms with Gasteiger partial charge in [-0.3, -0.25) is 0 Å². The van der Waals surface area contributed by atoms with Gasteiger partial charge in [-0.25, -0.2) is 4.79 Å². The Morgan fingerprint density at radius 2 is 1.74 bits per heavy atom. The van der Waals surface area contributed by atoms with Crippen LogP contribution in [0.25, 0.3) is 0 Å². The van der Waals surface area contributed by atoms with Crippen molar-refractivity contribution in [1.29, 1.82) is 0 Å². The Labute approximate surface area is 137 Å². The van der Waals surface area contributed by atoms with Gasteiger partial charge in [0.2, 0.25) is 0 Å². The van der Waals surface area contributed by atoms with Crippen LogP contribution < -0.4 is 9.47 Å². The molecule has 0 N–H and O–H groups in total. The highest BCUT2D eigenvalue weighted by Gasteiger charge is 2.13. The molecule has 0 atom stereocenters. The van der Waals surface area contributed by atoms with E-state index in [1.54, 1.807) is 25.3 Å². The van der Waals surface area contributed by atoms with Crippen LogP contribution in [0.1, 0.15) is 35.3 Å². The van der Waals surface area contributed by atoms with Gasteiger partial charge in [0.15, 0.2) is 11.5 Å². The van der Waals surface area contributed by atoms with Crippen LogP contribution in [0.5, 0.6) is 11.5 Å². The molecule has 0 saturated carbocycles. The first kappa shape index (κ1) is 16.9. The molecule has 0 fully saturated rings. The standard InChI is InChI=1S/C19H22O4/c1-13(2)23-19(20)16-9-10-17(18(11-16)21-4)22-12-15-7-5-14(3)6-8-15/h5-11,13H,12H2,1-4H3. The third-order valence-corrected chi connectivity index (χ3v) is 3.26. The van der Waals surface area contributed by atoms with Crippen molar-refractivity contribution in [2.75, 3.05) is 7.11 Å². The van der Waals surface area contributed by atoms with E-state index < -0.39 is 0 Å². The number of hydrogen-bond acceptors (Lipinski definition) is 4. The lowest BCUT2D eigenvalue weighted by Gasteiger charge is -2.13. The summed E-state index contributed by atoms with van der Waals surface area (Å²) in [6, 6.07) is 13.2. The minimum atomic E-state index is -0.372. The third-order valence-electron chi connectivity index (χ3n) is 3.26. The largest absolute Gasteiger partial charge is 0.493 e. The van der Waals surface area contributed by atoms with Gasteiger partial charge in [0.05, 0.1) is 18.8 Å². The maximum Gasteiger partial charge on any atom is 0.338 e. The van der Waals surface area contributed by atoms with Gasteiger partial charge >= 0.3 is 5.97 Å². The van der Waals surface area contributed by atoms with E-state index in [1.807, 2.05) is 45.0 Å². The normalized spacial score (nSPS) is 10.5. The Kier molecular flexibility index (Phi) is 5.63. The molecule has 0 aliphatic rings. The highest BCUT2D eigenvalue weighted by atomic mass is 16.5. The molecule has 2 rings (SSSR count). The number of aryl methyl sites for hydroxylation is 1. The highest BCUT2D eigenvalue weighted by molar-refractivity contribution is 5.90. The van der Waals surface area contributed by atoms with Crippen molar-refractivity contribution in [1.82, 2.24) is 0 Å². The van der Waals surface area contributed by atoms with Crippen LogP contribution in [-0.2, 0) is 11.3 Å². The summed E-state index contributed by atoms with van der Waals surface area (Å²) in [6.07, 6.45) is -0.161. The molecule has 4 nitrogen and oxygen atoms in total. The summed E-state index contributed by atoms with van der Waals surface area (Å²) < 4.78 is 16.3. The molecule has 0 unspecified atom stereocenters. The van der Waals surface area contributed by atoms with Crippen LogP contribution >= 0.6 is 0 Å². The summed E-state index contributed by atoms with van der Waals surface area (Å²) in [5.74, 6) is 0.730. The predicted molar refractivity (Wildman–Crippen MR) is 89.1 cm³/mol. The first-order chi connectivity index (χ1) is 11.0. The van der Waals surface area contributed by atoms with Gasteiger partial charge in [-0.2, -0.15) is 0 Å². The number of methoxy groups -OCH3 is 1. The molecule has 23 heavy (non-hydrogen) atoms. The topological polar surface area (TPSA) is 44.8 Å². The van der Waals surface area contributed by atoms with Crippen LogP contribution in [0.3, 0.4) is 0 Å². The van der Waals surface area contributed by atoms with E-state index in [0.29, 0.717) is 23.7 Å². The van der Waals surface area contributed by atoms with Gasteiger partial charge in [-0.15, -0.1) is 0 Å². The minimum absolute atomic E-state index is 0.161. The highest BCUT2D eigenvalue weighted by Crippen LogP contribution is 2.29. The molecule has 0 radical (unpaired) electrons. The van der Waals surface area contributed by atoms with Crippen molar-refractivity contribution in [2.24, 2.45) is 0 Å². The van der Waals surface area contributed by atoms with Crippen molar-refractivity contribution in [3.8, 4) is 11.5 Å². The van der Waals surface area contributed by atoms with Crippen LogP contribution in [0.4, 0.5) is 0 Å². The molecule has 0 spiro atoms. The molecular formula is C19H22O4.